The van der Waals surface area contributed by atoms with Gasteiger partial charge in [0, 0.05) is 12.3 Å². The van der Waals surface area contributed by atoms with Gasteiger partial charge in [0.15, 0.2) is 0 Å². The highest BCUT2D eigenvalue weighted by Crippen LogP contribution is 2.13. The van der Waals surface area contributed by atoms with E-state index in [2.05, 4.69) is 9.97 Å². The van der Waals surface area contributed by atoms with Crippen molar-refractivity contribution in [3.05, 3.63) is 59.3 Å². The molecule has 0 unspecified atom stereocenters. The topological polar surface area (TPSA) is 50.7 Å². The molecule has 4 heteroatoms. The highest BCUT2D eigenvalue weighted by molar-refractivity contribution is 5.76. The Hall–Kier alpha value is -2.36. The quantitative estimate of drug-likeness (QED) is 0.666. The zero-order chi connectivity index (χ0) is 11.0. The molecule has 0 bridgehead atoms. The summed E-state index contributed by atoms with van der Waals surface area (Å²) in [4.78, 5) is 18.8. The van der Waals surface area contributed by atoms with Crippen LogP contribution in [0.25, 0.3) is 16.7 Å². The lowest BCUT2D eigenvalue weighted by atomic mass is 10.2. The van der Waals surface area contributed by atoms with Gasteiger partial charge in [0.2, 0.25) is 0 Å². The van der Waals surface area contributed by atoms with Gasteiger partial charge in [-0.05, 0) is 24.3 Å². The number of aromatic amines is 1. The number of hydrogen-bond donors (Lipinski definition) is 1. The van der Waals surface area contributed by atoms with Crippen molar-refractivity contribution in [1.82, 2.24) is 14.5 Å². The van der Waals surface area contributed by atoms with Crippen molar-refractivity contribution >= 4 is 11.0 Å². The molecule has 0 saturated carbocycles. The number of aromatic nitrogens is 3. The molecule has 2 heterocycles. The lowest BCUT2D eigenvalue weighted by Gasteiger charge is -2.04. The van der Waals surface area contributed by atoms with Crippen LogP contribution < -0.4 is 5.56 Å². The molecule has 0 fully saturated rings. The van der Waals surface area contributed by atoms with Gasteiger partial charge in [-0.3, -0.25) is 9.36 Å². The van der Waals surface area contributed by atoms with Gasteiger partial charge in [-0.15, -0.1) is 0 Å². The molecule has 0 aliphatic rings. The van der Waals surface area contributed by atoms with Crippen molar-refractivity contribution < 1.29 is 0 Å². The van der Waals surface area contributed by atoms with Gasteiger partial charge in [-0.1, -0.05) is 6.07 Å². The van der Waals surface area contributed by atoms with Crippen molar-refractivity contribution in [1.29, 1.82) is 0 Å². The Labute approximate surface area is 91.2 Å². The van der Waals surface area contributed by atoms with Crippen molar-refractivity contribution in [3.8, 4) is 5.69 Å². The molecule has 0 aliphatic carbocycles. The van der Waals surface area contributed by atoms with Crippen molar-refractivity contribution in [2.75, 3.05) is 0 Å². The van der Waals surface area contributed by atoms with Crippen molar-refractivity contribution in [2.45, 2.75) is 0 Å². The van der Waals surface area contributed by atoms with E-state index in [1.165, 1.54) is 6.07 Å². The summed E-state index contributed by atoms with van der Waals surface area (Å²) in [5.74, 6) is 0. The van der Waals surface area contributed by atoms with Crippen LogP contribution in [0, 0.1) is 0 Å². The van der Waals surface area contributed by atoms with Crippen LogP contribution in [0.4, 0.5) is 0 Å². The first-order valence-electron chi connectivity index (χ1n) is 4.96. The molecule has 0 saturated heterocycles. The summed E-state index contributed by atoms with van der Waals surface area (Å²) >= 11 is 0. The maximum absolute atomic E-state index is 11.6. The lowest BCUT2D eigenvalue weighted by molar-refractivity contribution is 0.992. The highest BCUT2D eigenvalue weighted by atomic mass is 16.1. The van der Waals surface area contributed by atoms with Gasteiger partial charge in [-0.25, -0.2) is 4.98 Å². The number of hydrogen-bond acceptors (Lipinski definition) is 2. The molecular formula is C12H9N3O. The van der Waals surface area contributed by atoms with Gasteiger partial charge < -0.3 is 4.98 Å². The minimum absolute atomic E-state index is 0.0404. The van der Waals surface area contributed by atoms with E-state index in [0.29, 0.717) is 0 Å². The molecule has 0 aliphatic heterocycles. The second-order valence-corrected chi connectivity index (χ2v) is 3.51. The number of rotatable bonds is 1. The summed E-state index contributed by atoms with van der Waals surface area (Å²) in [5, 5.41) is 0. The Balaban J connectivity index is 2.26. The molecule has 0 atom stereocenters. The second-order valence-electron chi connectivity index (χ2n) is 3.51. The molecule has 1 N–H and O–H groups in total. The smallest absolute Gasteiger partial charge is 0.255 e. The van der Waals surface area contributed by atoms with Crippen LogP contribution in [0.15, 0.2) is 53.7 Å². The first-order chi connectivity index (χ1) is 7.84. The monoisotopic (exact) mass is 211 g/mol. The molecule has 0 spiro atoms. The van der Waals surface area contributed by atoms with E-state index in [-0.39, 0.29) is 5.56 Å². The minimum atomic E-state index is -0.0404. The van der Waals surface area contributed by atoms with E-state index >= 15 is 0 Å². The number of imidazole rings is 1. The Morgan fingerprint density at radius 1 is 1.19 bits per heavy atom. The summed E-state index contributed by atoms with van der Waals surface area (Å²) in [6.07, 6.45) is 3.39. The predicted octanol–water partition coefficient (Wildman–Crippen LogP) is 1.71. The van der Waals surface area contributed by atoms with Crippen LogP contribution in [0.3, 0.4) is 0 Å². The van der Waals surface area contributed by atoms with E-state index in [0.717, 1.165) is 16.7 Å². The third kappa shape index (κ3) is 1.32. The SMILES string of the molecule is O=c1ccccn1-c1ccc2nc[nH]c2c1. The summed E-state index contributed by atoms with van der Waals surface area (Å²) in [6, 6.07) is 10.8. The molecular weight excluding hydrogens is 202 g/mol. The number of nitrogens with one attached hydrogen (secondary N) is 1. The van der Waals surface area contributed by atoms with Crippen LogP contribution in [0.1, 0.15) is 0 Å². The lowest BCUT2D eigenvalue weighted by Crippen LogP contribution is -2.15. The van der Waals surface area contributed by atoms with Crippen LogP contribution in [-0.2, 0) is 0 Å². The van der Waals surface area contributed by atoms with Crippen LogP contribution in [-0.4, -0.2) is 14.5 Å². The molecule has 0 amide bonds. The third-order valence-electron chi connectivity index (χ3n) is 2.50. The molecule has 0 radical (unpaired) electrons. The Morgan fingerprint density at radius 3 is 3.00 bits per heavy atom. The standard InChI is InChI=1S/C12H9N3O/c16-12-3-1-2-6-15(12)9-4-5-10-11(7-9)14-8-13-10/h1-8H,(H,13,14). The van der Waals surface area contributed by atoms with Gasteiger partial charge >= 0.3 is 0 Å². The molecule has 3 rings (SSSR count). The first-order valence-corrected chi connectivity index (χ1v) is 4.96. The fourth-order valence-corrected chi connectivity index (χ4v) is 1.71. The molecule has 2 aromatic heterocycles. The second kappa shape index (κ2) is 3.34. The van der Waals surface area contributed by atoms with E-state index in [1.54, 1.807) is 23.2 Å². The van der Waals surface area contributed by atoms with Gasteiger partial charge in [-0.2, -0.15) is 0 Å². The summed E-state index contributed by atoms with van der Waals surface area (Å²) < 4.78 is 1.60. The van der Waals surface area contributed by atoms with E-state index < -0.39 is 0 Å². The van der Waals surface area contributed by atoms with Crippen LogP contribution in [0.2, 0.25) is 0 Å². The predicted molar refractivity (Wildman–Crippen MR) is 61.7 cm³/mol. The Kier molecular flexibility index (Phi) is 1.86. The van der Waals surface area contributed by atoms with Crippen LogP contribution in [0.5, 0.6) is 0 Å². The molecule has 1 aromatic carbocycles. The number of H-pyrrole nitrogens is 1. The van der Waals surface area contributed by atoms with Crippen LogP contribution >= 0.6 is 0 Å². The fraction of sp³-hybridized carbons (Fsp3) is 0. The molecule has 4 nitrogen and oxygen atoms in total. The van der Waals surface area contributed by atoms with Gasteiger partial charge in [0.05, 0.1) is 23.0 Å². The zero-order valence-electron chi connectivity index (χ0n) is 8.42. The average molecular weight is 211 g/mol. The maximum atomic E-state index is 11.6. The zero-order valence-corrected chi connectivity index (χ0v) is 8.42. The summed E-state index contributed by atoms with van der Waals surface area (Å²) in [6.45, 7) is 0. The first kappa shape index (κ1) is 8.91. The van der Waals surface area contributed by atoms with Gasteiger partial charge in [0.25, 0.3) is 5.56 Å². The van der Waals surface area contributed by atoms with Crippen molar-refractivity contribution in [3.63, 3.8) is 0 Å². The number of pyridine rings is 1. The number of benzene rings is 1. The van der Waals surface area contributed by atoms with E-state index in [1.807, 2.05) is 24.3 Å². The maximum Gasteiger partial charge on any atom is 0.255 e. The minimum Gasteiger partial charge on any atom is -0.345 e. The Morgan fingerprint density at radius 2 is 2.12 bits per heavy atom. The summed E-state index contributed by atoms with van der Waals surface area (Å²) in [5.41, 5.74) is 2.62. The average Bonchev–Trinajstić information content (AvgIpc) is 2.76. The van der Waals surface area contributed by atoms with Crippen molar-refractivity contribution in [2.24, 2.45) is 0 Å². The molecule has 78 valence electrons. The molecule has 3 aromatic rings. The number of nitrogens with zero attached hydrogens (tertiary/aromatic N) is 2. The van der Waals surface area contributed by atoms with E-state index in [4.69, 9.17) is 0 Å². The largest absolute Gasteiger partial charge is 0.345 e. The normalized spacial score (nSPS) is 10.8. The fourth-order valence-electron chi connectivity index (χ4n) is 1.71. The third-order valence-corrected chi connectivity index (χ3v) is 2.50. The summed E-state index contributed by atoms with van der Waals surface area (Å²) in [7, 11) is 0. The number of fused-ring (bicyclic) bond motifs is 1. The molecule has 16 heavy (non-hydrogen) atoms. The highest BCUT2D eigenvalue weighted by Gasteiger charge is 2.01. The van der Waals surface area contributed by atoms with E-state index in [9.17, 15) is 4.79 Å². The van der Waals surface area contributed by atoms with Gasteiger partial charge in [0.1, 0.15) is 0 Å². The Bertz CT molecular complexity index is 696.